The zero-order valence-corrected chi connectivity index (χ0v) is 14.9. The Bertz CT molecular complexity index is 838. The molecule has 2 N–H and O–H groups in total. The molecule has 7 heteroatoms. The molecule has 1 unspecified atom stereocenters. The van der Waals surface area contributed by atoms with Crippen LogP contribution in [0.3, 0.4) is 0 Å². The molecule has 0 spiro atoms. The molecule has 1 aromatic carbocycles. The molecule has 2 heterocycles. The first-order valence-corrected chi connectivity index (χ1v) is 8.62. The van der Waals surface area contributed by atoms with Gasteiger partial charge in [-0.25, -0.2) is 0 Å². The lowest BCUT2D eigenvalue weighted by Crippen LogP contribution is -2.34. The summed E-state index contributed by atoms with van der Waals surface area (Å²) in [7, 11) is 0. The Morgan fingerprint density at radius 2 is 1.96 bits per heavy atom. The van der Waals surface area contributed by atoms with Crippen molar-refractivity contribution >= 4 is 11.7 Å². The van der Waals surface area contributed by atoms with Crippen LogP contribution in [0, 0.1) is 6.92 Å². The molecule has 7 nitrogen and oxygen atoms in total. The fraction of sp³-hybridized carbons (Fsp3) is 0.300. The Morgan fingerprint density at radius 3 is 2.59 bits per heavy atom. The van der Waals surface area contributed by atoms with E-state index in [0.717, 1.165) is 5.56 Å². The molecular weight excluding hydrogens is 350 g/mol. The number of carbonyl (C=O) groups is 2. The van der Waals surface area contributed by atoms with Crippen molar-refractivity contribution in [2.75, 3.05) is 26.4 Å². The van der Waals surface area contributed by atoms with Gasteiger partial charge in [0.25, 0.3) is 5.91 Å². The Labute approximate surface area is 156 Å². The van der Waals surface area contributed by atoms with Crippen LogP contribution in [0.4, 0.5) is 0 Å². The maximum absolute atomic E-state index is 12.9. The molecule has 0 bridgehead atoms. The highest BCUT2D eigenvalue weighted by Gasteiger charge is 2.44. The van der Waals surface area contributed by atoms with E-state index in [1.165, 1.54) is 17.2 Å². The number of ether oxygens (including phenoxy) is 1. The summed E-state index contributed by atoms with van der Waals surface area (Å²) in [6, 6.07) is 9.73. The molecule has 3 rings (SSSR count). The molecule has 142 valence electrons. The summed E-state index contributed by atoms with van der Waals surface area (Å²) in [5, 5.41) is 19.3. The monoisotopic (exact) mass is 371 g/mol. The number of hydrogen-bond donors (Lipinski definition) is 2. The molecule has 2 aromatic rings. The van der Waals surface area contributed by atoms with Gasteiger partial charge in [-0.05, 0) is 24.6 Å². The van der Waals surface area contributed by atoms with E-state index in [0.29, 0.717) is 5.56 Å². The summed E-state index contributed by atoms with van der Waals surface area (Å²) in [4.78, 5) is 26.9. The summed E-state index contributed by atoms with van der Waals surface area (Å²) in [6.45, 7) is 2.29. The minimum Gasteiger partial charge on any atom is -0.503 e. The van der Waals surface area contributed by atoms with E-state index >= 15 is 0 Å². The first-order valence-electron chi connectivity index (χ1n) is 8.62. The van der Waals surface area contributed by atoms with Crippen LogP contribution in [0.15, 0.2) is 58.4 Å². The van der Waals surface area contributed by atoms with Gasteiger partial charge < -0.3 is 24.3 Å². The molecule has 1 aromatic heterocycles. The van der Waals surface area contributed by atoms with E-state index in [1.54, 1.807) is 6.07 Å². The number of aryl methyl sites for hydroxylation is 1. The van der Waals surface area contributed by atoms with Crippen molar-refractivity contribution in [2.24, 2.45) is 0 Å². The van der Waals surface area contributed by atoms with E-state index in [2.05, 4.69) is 0 Å². The number of benzene rings is 1. The number of nitrogens with zero attached hydrogens (tertiary/aromatic N) is 1. The number of furan rings is 1. The number of amides is 1. The summed E-state index contributed by atoms with van der Waals surface area (Å²) >= 11 is 0. The molecule has 0 saturated carbocycles. The van der Waals surface area contributed by atoms with Gasteiger partial charge in [-0.2, -0.15) is 0 Å². The normalized spacial score (nSPS) is 17.0. The van der Waals surface area contributed by atoms with E-state index in [9.17, 15) is 14.7 Å². The number of rotatable bonds is 8. The Morgan fingerprint density at radius 1 is 1.22 bits per heavy atom. The van der Waals surface area contributed by atoms with E-state index in [4.69, 9.17) is 14.3 Å². The van der Waals surface area contributed by atoms with Crippen molar-refractivity contribution in [3.05, 3.63) is 70.9 Å². The minimum atomic E-state index is -0.742. The maximum Gasteiger partial charge on any atom is 0.290 e. The number of aliphatic hydroxyl groups excluding tert-OH is 2. The van der Waals surface area contributed by atoms with E-state index in [1.807, 2.05) is 31.2 Å². The second kappa shape index (κ2) is 8.20. The predicted molar refractivity (Wildman–Crippen MR) is 96.2 cm³/mol. The van der Waals surface area contributed by atoms with Crippen LogP contribution in [0.5, 0.6) is 0 Å². The van der Waals surface area contributed by atoms with Gasteiger partial charge in [0.1, 0.15) is 0 Å². The van der Waals surface area contributed by atoms with Crippen molar-refractivity contribution in [3.63, 3.8) is 0 Å². The standard InChI is InChI=1S/C20H21NO6/c1-13-4-6-14(7-5-13)17-16(18(23)15-3-2-10-27-15)19(24)20(25)21(17)8-11-26-12-9-22/h2-7,10,17,22,24H,8-9,11-12H2,1H3. The molecule has 0 fully saturated rings. The number of carbonyl (C=O) groups excluding carboxylic acids is 2. The fourth-order valence-electron chi connectivity index (χ4n) is 3.08. The van der Waals surface area contributed by atoms with Crippen LogP contribution >= 0.6 is 0 Å². The molecule has 27 heavy (non-hydrogen) atoms. The third kappa shape index (κ3) is 3.79. The Balaban J connectivity index is 1.96. The molecular formula is C20H21NO6. The predicted octanol–water partition coefficient (Wildman–Crippen LogP) is 2.18. The highest BCUT2D eigenvalue weighted by molar-refractivity contribution is 6.15. The van der Waals surface area contributed by atoms with Gasteiger partial charge in [0.15, 0.2) is 11.5 Å². The Kier molecular flexibility index (Phi) is 5.73. The Hall–Kier alpha value is -2.90. The van der Waals surface area contributed by atoms with E-state index < -0.39 is 23.5 Å². The largest absolute Gasteiger partial charge is 0.503 e. The summed E-state index contributed by atoms with van der Waals surface area (Å²) in [5.41, 5.74) is 1.73. The maximum atomic E-state index is 12.9. The number of hydrogen-bond acceptors (Lipinski definition) is 6. The van der Waals surface area contributed by atoms with Crippen molar-refractivity contribution in [1.82, 2.24) is 4.90 Å². The third-order valence-corrected chi connectivity index (χ3v) is 4.40. The van der Waals surface area contributed by atoms with Gasteiger partial charge in [0.05, 0.1) is 37.7 Å². The zero-order valence-electron chi connectivity index (χ0n) is 14.9. The lowest BCUT2D eigenvalue weighted by molar-refractivity contribution is -0.130. The SMILES string of the molecule is Cc1ccc(C2C(C(=O)c3ccco3)=C(O)C(=O)N2CCOCCO)cc1. The highest BCUT2D eigenvalue weighted by Crippen LogP contribution is 2.38. The van der Waals surface area contributed by atoms with Crippen molar-refractivity contribution in [3.8, 4) is 0 Å². The highest BCUT2D eigenvalue weighted by atomic mass is 16.5. The van der Waals surface area contributed by atoms with Crippen molar-refractivity contribution in [1.29, 1.82) is 0 Å². The van der Waals surface area contributed by atoms with Gasteiger partial charge in [-0.3, -0.25) is 9.59 Å². The number of Topliss-reactive ketones (excluding diaryl/α,β-unsaturated/α-hetero) is 1. The molecule has 0 radical (unpaired) electrons. The van der Waals surface area contributed by atoms with Crippen LogP contribution in [-0.4, -0.2) is 53.2 Å². The van der Waals surface area contributed by atoms with E-state index in [-0.39, 0.29) is 37.7 Å². The third-order valence-electron chi connectivity index (χ3n) is 4.40. The fourth-order valence-corrected chi connectivity index (χ4v) is 3.08. The van der Waals surface area contributed by atoms with Crippen molar-refractivity contribution in [2.45, 2.75) is 13.0 Å². The van der Waals surface area contributed by atoms with Gasteiger partial charge in [0, 0.05) is 6.54 Å². The second-order valence-electron chi connectivity index (χ2n) is 6.22. The molecule has 1 atom stereocenters. The summed E-state index contributed by atoms with van der Waals surface area (Å²) in [6.07, 6.45) is 1.36. The number of ketones is 1. The molecule has 0 saturated heterocycles. The van der Waals surface area contributed by atoms with Crippen LogP contribution in [0.25, 0.3) is 0 Å². The average molecular weight is 371 g/mol. The second-order valence-corrected chi connectivity index (χ2v) is 6.22. The molecule has 1 aliphatic heterocycles. The molecule has 1 aliphatic rings. The molecule has 1 amide bonds. The van der Waals surface area contributed by atoms with Crippen LogP contribution < -0.4 is 0 Å². The molecule has 0 aliphatic carbocycles. The van der Waals surface area contributed by atoms with Gasteiger partial charge >= 0.3 is 0 Å². The number of aliphatic hydroxyl groups is 2. The van der Waals surface area contributed by atoms with Gasteiger partial charge in [-0.15, -0.1) is 0 Å². The smallest absolute Gasteiger partial charge is 0.290 e. The quantitative estimate of drug-likeness (QED) is 0.545. The lowest BCUT2D eigenvalue weighted by atomic mass is 9.94. The lowest BCUT2D eigenvalue weighted by Gasteiger charge is -2.26. The summed E-state index contributed by atoms with van der Waals surface area (Å²) < 4.78 is 10.4. The van der Waals surface area contributed by atoms with Crippen LogP contribution in [0.2, 0.25) is 0 Å². The van der Waals surface area contributed by atoms with Crippen molar-refractivity contribution < 1.29 is 29.0 Å². The van der Waals surface area contributed by atoms with Gasteiger partial charge in [-0.1, -0.05) is 29.8 Å². The minimum absolute atomic E-state index is 0.0130. The zero-order chi connectivity index (χ0) is 19.4. The topological polar surface area (TPSA) is 100 Å². The van der Waals surface area contributed by atoms with Crippen LogP contribution in [0.1, 0.15) is 27.7 Å². The average Bonchev–Trinajstić information content (AvgIpc) is 3.28. The van der Waals surface area contributed by atoms with Gasteiger partial charge in [0.2, 0.25) is 5.78 Å². The summed E-state index contributed by atoms with van der Waals surface area (Å²) in [5.74, 6) is -1.69. The first-order chi connectivity index (χ1) is 13.0. The first kappa shape index (κ1) is 18.9. The van der Waals surface area contributed by atoms with Crippen LogP contribution in [-0.2, 0) is 9.53 Å².